The predicted octanol–water partition coefficient (Wildman–Crippen LogP) is 4.48. The van der Waals surface area contributed by atoms with Gasteiger partial charge in [0.05, 0.1) is 5.69 Å². The first-order valence-corrected chi connectivity index (χ1v) is 9.94. The first kappa shape index (κ1) is 18.8. The van der Waals surface area contributed by atoms with E-state index < -0.39 is 0 Å². The minimum Gasteiger partial charge on any atom is -0.352 e. The van der Waals surface area contributed by atoms with E-state index in [1.54, 1.807) is 40.9 Å². The van der Waals surface area contributed by atoms with Crippen LogP contribution < -0.4 is 10.2 Å². The average Bonchev–Trinajstić information content (AvgIpc) is 2.65. The van der Waals surface area contributed by atoms with Crippen LogP contribution in [0.25, 0.3) is 0 Å². The van der Waals surface area contributed by atoms with Gasteiger partial charge in [-0.1, -0.05) is 25.4 Å². The lowest BCUT2D eigenvalue weighted by atomic mass is 10.1. The van der Waals surface area contributed by atoms with Crippen LogP contribution in [-0.4, -0.2) is 30.7 Å². The fourth-order valence-corrected chi connectivity index (χ4v) is 3.82. The van der Waals surface area contributed by atoms with Crippen LogP contribution in [0, 0.1) is 5.92 Å². The molecule has 0 aliphatic carbocycles. The van der Waals surface area contributed by atoms with E-state index in [1.165, 1.54) is 0 Å². The van der Waals surface area contributed by atoms with Crippen LogP contribution in [0.15, 0.2) is 47.4 Å². The number of fused-ring (bicyclic) bond motifs is 1. The molecule has 3 rings (SSSR count). The van der Waals surface area contributed by atoms with Gasteiger partial charge in [-0.25, -0.2) is 0 Å². The van der Waals surface area contributed by atoms with E-state index in [1.807, 2.05) is 18.2 Å². The third-order valence-corrected chi connectivity index (χ3v) is 5.39. The van der Waals surface area contributed by atoms with Crippen molar-refractivity contribution in [3.8, 4) is 0 Å². The molecule has 1 aliphatic rings. The Bertz CT molecular complexity index is 821. The van der Waals surface area contributed by atoms with Crippen molar-refractivity contribution < 1.29 is 9.59 Å². The molecule has 1 aliphatic heterocycles. The van der Waals surface area contributed by atoms with Gasteiger partial charge in [0.15, 0.2) is 0 Å². The Hall–Kier alpha value is -1.98. The maximum absolute atomic E-state index is 12.9. The van der Waals surface area contributed by atoms with Crippen LogP contribution in [0.2, 0.25) is 5.02 Å². The van der Waals surface area contributed by atoms with Gasteiger partial charge in [-0.15, -0.1) is 11.8 Å². The lowest BCUT2D eigenvalue weighted by Crippen LogP contribution is -2.36. The molecule has 0 saturated carbocycles. The molecule has 0 atom stereocenters. The molecule has 1 heterocycles. The fourth-order valence-electron chi connectivity index (χ4n) is 2.72. The van der Waals surface area contributed by atoms with Crippen molar-refractivity contribution in [3.05, 3.63) is 58.6 Å². The number of hydrogen-bond acceptors (Lipinski definition) is 3. The molecule has 6 heteroatoms. The first-order valence-electron chi connectivity index (χ1n) is 8.58. The number of rotatable bonds is 4. The van der Waals surface area contributed by atoms with Crippen LogP contribution in [-0.2, 0) is 0 Å². The Kier molecular flexibility index (Phi) is 5.89. The number of nitrogens with one attached hydrogen (secondary N) is 1. The molecule has 4 nitrogen and oxygen atoms in total. The Morgan fingerprint density at radius 2 is 1.85 bits per heavy atom. The van der Waals surface area contributed by atoms with Crippen molar-refractivity contribution in [2.45, 2.75) is 18.7 Å². The van der Waals surface area contributed by atoms with Gasteiger partial charge in [0.2, 0.25) is 0 Å². The zero-order chi connectivity index (χ0) is 18.7. The van der Waals surface area contributed by atoms with Crippen molar-refractivity contribution in [1.82, 2.24) is 5.32 Å². The van der Waals surface area contributed by atoms with Gasteiger partial charge in [0.1, 0.15) is 0 Å². The number of carbonyl (C=O) groups excluding carboxylic acids is 2. The Morgan fingerprint density at radius 3 is 2.54 bits per heavy atom. The fraction of sp³-hybridized carbons (Fsp3) is 0.300. The molecule has 0 aromatic heterocycles. The zero-order valence-corrected chi connectivity index (χ0v) is 16.4. The summed E-state index contributed by atoms with van der Waals surface area (Å²) in [6.45, 7) is 5.33. The van der Waals surface area contributed by atoms with E-state index in [9.17, 15) is 9.59 Å². The molecule has 2 amide bonds. The van der Waals surface area contributed by atoms with Crippen molar-refractivity contribution in [2.24, 2.45) is 5.92 Å². The zero-order valence-electron chi connectivity index (χ0n) is 14.8. The van der Waals surface area contributed by atoms with Gasteiger partial charge in [-0.3, -0.25) is 9.59 Å². The number of thioether (sulfide) groups is 1. The molecule has 1 N–H and O–H groups in total. The second kappa shape index (κ2) is 8.14. The third kappa shape index (κ3) is 4.22. The number of halogens is 1. The van der Waals surface area contributed by atoms with E-state index in [-0.39, 0.29) is 11.8 Å². The second-order valence-corrected chi connectivity index (χ2v) is 8.17. The van der Waals surface area contributed by atoms with Gasteiger partial charge in [0, 0.05) is 39.9 Å². The molecule has 0 bridgehead atoms. The highest BCUT2D eigenvalue weighted by Crippen LogP contribution is 2.36. The summed E-state index contributed by atoms with van der Waals surface area (Å²) in [5.41, 5.74) is 1.95. The van der Waals surface area contributed by atoms with Crippen molar-refractivity contribution in [3.63, 3.8) is 0 Å². The summed E-state index contributed by atoms with van der Waals surface area (Å²) in [6.07, 6.45) is 0. The predicted molar refractivity (Wildman–Crippen MR) is 107 cm³/mol. The summed E-state index contributed by atoms with van der Waals surface area (Å²) in [5, 5.41) is 3.52. The monoisotopic (exact) mass is 388 g/mol. The quantitative estimate of drug-likeness (QED) is 0.840. The Labute approximate surface area is 162 Å². The largest absolute Gasteiger partial charge is 0.352 e. The highest BCUT2D eigenvalue weighted by molar-refractivity contribution is 7.99. The van der Waals surface area contributed by atoms with Gasteiger partial charge in [-0.2, -0.15) is 0 Å². The molecule has 0 fully saturated rings. The Morgan fingerprint density at radius 1 is 1.15 bits per heavy atom. The number of carbonyl (C=O) groups is 2. The molecular weight excluding hydrogens is 368 g/mol. The van der Waals surface area contributed by atoms with Crippen LogP contribution in [0.1, 0.15) is 34.6 Å². The minimum absolute atomic E-state index is 0.0806. The van der Waals surface area contributed by atoms with Crippen LogP contribution >= 0.6 is 23.4 Å². The summed E-state index contributed by atoms with van der Waals surface area (Å²) >= 11 is 7.62. The molecule has 26 heavy (non-hydrogen) atoms. The SMILES string of the molecule is CC(C)CNC(=O)c1ccc2c(c1)N(C(=O)c1ccc(Cl)cc1)CCS2. The smallest absolute Gasteiger partial charge is 0.258 e. The summed E-state index contributed by atoms with van der Waals surface area (Å²) < 4.78 is 0. The molecule has 2 aromatic rings. The normalized spacial score (nSPS) is 13.5. The maximum atomic E-state index is 12.9. The van der Waals surface area contributed by atoms with Gasteiger partial charge < -0.3 is 10.2 Å². The third-order valence-electron chi connectivity index (χ3n) is 4.09. The van der Waals surface area contributed by atoms with Gasteiger partial charge >= 0.3 is 0 Å². The van der Waals surface area contributed by atoms with Crippen molar-refractivity contribution in [2.75, 3.05) is 23.7 Å². The van der Waals surface area contributed by atoms with Crippen LogP contribution in [0.5, 0.6) is 0 Å². The highest BCUT2D eigenvalue weighted by Gasteiger charge is 2.25. The second-order valence-electron chi connectivity index (χ2n) is 6.60. The topological polar surface area (TPSA) is 49.4 Å². The molecule has 0 radical (unpaired) electrons. The number of amides is 2. The van der Waals surface area contributed by atoms with E-state index in [0.29, 0.717) is 35.2 Å². The average molecular weight is 389 g/mol. The van der Waals surface area contributed by atoms with Crippen LogP contribution in [0.4, 0.5) is 5.69 Å². The van der Waals surface area contributed by atoms with Crippen molar-refractivity contribution >= 4 is 40.9 Å². The molecule has 136 valence electrons. The molecule has 2 aromatic carbocycles. The van der Waals surface area contributed by atoms with E-state index in [0.717, 1.165) is 16.3 Å². The number of hydrogen-bond donors (Lipinski definition) is 1. The Balaban J connectivity index is 1.87. The standard InChI is InChI=1S/C20H21ClN2O2S/c1-13(2)12-22-19(24)15-5-8-18-17(11-15)23(9-10-26-18)20(25)14-3-6-16(21)7-4-14/h3-8,11,13H,9-10,12H2,1-2H3,(H,22,24). The minimum atomic E-state index is -0.115. The number of nitrogens with zero attached hydrogens (tertiary/aromatic N) is 1. The summed E-state index contributed by atoms with van der Waals surface area (Å²) in [7, 11) is 0. The molecule has 0 spiro atoms. The van der Waals surface area contributed by atoms with Crippen LogP contribution in [0.3, 0.4) is 0 Å². The number of benzene rings is 2. The van der Waals surface area contributed by atoms with Gasteiger partial charge in [0.25, 0.3) is 11.8 Å². The lowest BCUT2D eigenvalue weighted by molar-refractivity contribution is 0.0946. The first-order chi connectivity index (χ1) is 12.5. The number of anilines is 1. The van der Waals surface area contributed by atoms with Gasteiger partial charge in [-0.05, 0) is 48.4 Å². The van der Waals surface area contributed by atoms with E-state index in [2.05, 4.69) is 19.2 Å². The molecule has 0 unspecified atom stereocenters. The summed E-state index contributed by atoms with van der Waals surface area (Å²) in [4.78, 5) is 28.1. The lowest BCUT2D eigenvalue weighted by Gasteiger charge is -2.29. The summed E-state index contributed by atoms with van der Waals surface area (Å²) in [5.74, 6) is 1.01. The molecular formula is C20H21ClN2O2S. The van der Waals surface area contributed by atoms with E-state index >= 15 is 0 Å². The summed E-state index contributed by atoms with van der Waals surface area (Å²) in [6, 6.07) is 12.4. The van der Waals surface area contributed by atoms with Crippen molar-refractivity contribution in [1.29, 1.82) is 0 Å². The molecule has 0 saturated heterocycles. The maximum Gasteiger partial charge on any atom is 0.258 e. The highest BCUT2D eigenvalue weighted by atomic mass is 35.5. The van der Waals surface area contributed by atoms with E-state index in [4.69, 9.17) is 11.6 Å².